The van der Waals surface area contributed by atoms with Gasteiger partial charge in [-0.15, -0.1) is 0 Å². The molecule has 2 aromatic carbocycles. The van der Waals surface area contributed by atoms with Crippen LogP contribution >= 0.6 is 11.6 Å². The van der Waals surface area contributed by atoms with Crippen molar-refractivity contribution in [3.63, 3.8) is 0 Å². The molecule has 5 rings (SSSR count). The van der Waals surface area contributed by atoms with Crippen molar-refractivity contribution in [2.45, 2.75) is 45.8 Å². The van der Waals surface area contributed by atoms with E-state index in [-0.39, 0.29) is 24.1 Å². The van der Waals surface area contributed by atoms with Gasteiger partial charge in [0.25, 0.3) is 5.56 Å². The van der Waals surface area contributed by atoms with Crippen LogP contribution in [0.5, 0.6) is 0 Å². The van der Waals surface area contributed by atoms with Gasteiger partial charge in [0, 0.05) is 34.9 Å². The lowest BCUT2D eigenvalue weighted by molar-refractivity contribution is -0.122. The molecule has 0 aliphatic carbocycles. The topological polar surface area (TPSA) is 80.1 Å². The zero-order valence-corrected chi connectivity index (χ0v) is 21.8. The summed E-state index contributed by atoms with van der Waals surface area (Å²) in [5.74, 6) is 0.0898. The number of hydrogen-bond acceptors (Lipinski definition) is 5. The van der Waals surface area contributed by atoms with Crippen LogP contribution in [0.15, 0.2) is 65.6 Å². The minimum atomic E-state index is -0.318. The van der Waals surface area contributed by atoms with E-state index in [1.54, 1.807) is 24.4 Å². The molecule has 0 unspecified atom stereocenters. The van der Waals surface area contributed by atoms with Gasteiger partial charge in [-0.2, -0.15) is 0 Å². The summed E-state index contributed by atoms with van der Waals surface area (Å²) in [7, 11) is 0. The minimum absolute atomic E-state index is 0.0488. The molecule has 3 heterocycles. The lowest BCUT2D eigenvalue weighted by atomic mass is 10.0. The molecule has 0 radical (unpaired) electrons. The van der Waals surface area contributed by atoms with Gasteiger partial charge in [0.05, 0.1) is 5.39 Å². The fraction of sp³-hybridized carbons (Fsp3) is 0.310. The number of likely N-dealkylation sites (tertiary alicyclic amines) is 1. The van der Waals surface area contributed by atoms with Gasteiger partial charge in [-0.25, -0.2) is 9.97 Å². The van der Waals surface area contributed by atoms with Crippen molar-refractivity contribution in [2.75, 3.05) is 13.1 Å². The number of benzene rings is 2. The molecule has 1 fully saturated rings. The fourth-order valence-electron chi connectivity index (χ4n) is 4.82. The number of carbonyl (C=O) groups excluding carboxylic acids is 1. The average Bonchev–Trinajstić information content (AvgIpc) is 3.38. The van der Waals surface area contributed by atoms with Gasteiger partial charge < -0.3 is 5.32 Å². The van der Waals surface area contributed by atoms with Crippen LogP contribution in [0, 0.1) is 0 Å². The number of carbonyl (C=O) groups is 1. The Morgan fingerprint density at radius 2 is 1.78 bits per heavy atom. The summed E-state index contributed by atoms with van der Waals surface area (Å²) in [6.07, 6.45) is 4.25. The second-order valence-electron chi connectivity index (χ2n) is 9.84. The van der Waals surface area contributed by atoms with Gasteiger partial charge >= 0.3 is 0 Å². The Morgan fingerprint density at radius 3 is 2.54 bits per heavy atom. The number of aromatic nitrogens is 3. The summed E-state index contributed by atoms with van der Waals surface area (Å²) in [4.78, 5) is 38.2. The highest BCUT2D eigenvalue weighted by Gasteiger charge is 2.18. The number of nitrogens with one attached hydrogen (secondary N) is 1. The summed E-state index contributed by atoms with van der Waals surface area (Å²) < 4.78 is 1.40. The van der Waals surface area contributed by atoms with Crippen LogP contribution < -0.4 is 10.9 Å². The van der Waals surface area contributed by atoms with Gasteiger partial charge in [-0.05, 0) is 75.2 Å². The van der Waals surface area contributed by atoms with Crippen LogP contribution in [0.4, 0.5) is 0 Å². The zero-order valence-electron chi connectivity index (χ0n) is 21.1. The molecular weight excluding hydrogens is 486 g/mol. The highest BCUT2D eigenvalue weighted by Crippen LogP contribution is 2.26. The number of fused-ring (bicyclic) bond motifs is 1. The van der Waals surface area contributed by atoms with Crippen LogP contribution in [-0.2, 0) is 17.9 Å². The van der Waals surface area contributed by atoms with Crippen molar-refractivity contribution < 1.29 is 4.79 Å². The van der Waals surface area contributed by atoms with E-state index in [1.165, 1.54) is 23.0 Å². The molecule has 7 nitrogen and oxygen atoms in total. The van der Waals surface area contributed by atoms with E-state index in [9.17, 15) is 9.59 Å². The van der Waals surface area contributed by atoms with E-state index in [4.69, 9.17) is 16.6 Å². The van der Waals surface area contributed by atoms with Crippen molar-refractivity contribution >= 4 is 28.5 Å². The second kappa shape index (κ2) is 10.8. The minimum Gasteiger partial charge on any atom is -0.352 e. The molecule has 0 spiro atoms. The molecule has 1 aliphatic rings. The van der Waals surface area contributed by atoms with Gasteiger partial charge in [0.1, 0.15) is 12.4 Å². The van der Waals surface area contributed by atoms with Crippen molar-refractivity contribution in [1.29, 1.82) is 0 Å². The fourth-order valence-corrected chi connectivity index (χ4v) is 5.01. The van der Waals surface area contributed by atoms with Crippen LogP contribution in [0.1, 0.15) is 32.3 Å². The number of halogens is 1. The third-order valence-corrected chi connectivity index (χ3v) is 6.74. The third-order valence-electron chi connectivity index (χ3n) is 6.51. The number of nitrogens with zero attached hydrogens (tertiary/aromatic N) is 4. The van der Waals surface area contributed by atoms with E-state index in [0.29, 0.717) is 27.4 Å². The van der Waals surface area contributed by atoms with E-state index < -0.39 is 0 Å². The molecule has 0 saturated carbocycles. The summed E-state index contributed by atoms with van der Waals surface area (Å²) in [6, 6.07) is 17.2. The molecule has 1 N–H and O–H groups in total. The number of amides is 1. The highest BCUT2D eigenvalue weighted by molar-refractivity contribution is 6.30. The Balaban J connectivity index is 1.58. The van der Waals surface area contributed by atoms with Gasteiger partial charge in [0.2, 0.25) is 5.91 Å². The largest absolute Gasteiger partial charge is 0.352 e. The van der Waals surface area contributed by atoms with Crippen molar-refractivity contribution in [2.24, 2.45) is 0 Å². The molecule has 0 bridgehead atoms. The van der Waals surface area contributed by atoms with Gasteiger partial charge in [-0.1, -0.05) is 41.9 Å². The molecule has 1 aliphatic heterocycles. The van der Waals surface area contributed by atoms with Crippen LogP contribution in [0.3, 0.4) is 0 Å². The molecule has 1 amide bonds. The van der Waals surface area contributed by atoms with Gasteiger partial charge in [-0.3, -0.25) is 19.1 Å². The van der Waals surface area contributed by atoms with E-state index in [0.717, 1.165) is 30.8 Å². The van der Waals surface area contributed by atoms with Crippen LogP contribution in [0.2, 0.25) is 5.02 Å². The molecule has 190 valence electrons. The van der Waals surface area contributed by atoms with Crippen molar-refractivity contribution in [3.05, 3.63) is 81.7 Å². The Bertz CT molecular complexity index is 1510. The lowest BCUT2D eigenvalue weighted by Gasteiger charge is -2.16. The summed E-state index contributed by atoms with van der Waals surface area (Å²) in [5.41, 5.74) is 3.72. The molecular formula is C29H30ClN5O2. The monoisotopic (exact) mass is 515 g/mol. The van der Waals surface area contributed by atoms with Crippen LogP contribution in [0.25, 0.3) is 33.5 Å². The maximum atomic E-state index is 13.8. The SMILES string of the molecule is CC(C)NC(=O)Cn1c(-c2cccc(Cl)c2)nc2ncc(-c3cccc(CN4CCCC4)c3)cc2c1=O. The molecule has 4 aromatic rings. The average molecular weight is 516 g/mol. The zero-order chi connectivity index (χ0) is 25.9. The highest BCUT2D eigenvalue weighted by atomic mass is 35.5. The predicted molar refractivity (Wildman–Crippen MR) is 147 cm³/mol. The number of rotatable bonds is 7. The quantitative estimate of drug-likeness (QED) is 0.378. The second-order valence-corrected chi connectivity index (χ2v) is 10.3. The summed E-state index contributed by atoms with van der Waals surface area (Å²) in [5, 5.41) is 3.74. The Hall–Kier alpha value is -3.55. The Kier molecular flexibility index (Phi) is 7.35. The first-order chi connectivity index (χ1) is 17.9. The summed E-state index contributed by atoms with van der Waals surface area (Å²) >= 11 is 6.22. The number of hydrogen-bond donors (Lipinski definition) is 1. The van der Waals surface area contributed by atoms with Gasteiger partial charge in [0.15, 0.2) is 5.65 Å². The van der Waals surface area contributed by atoms with E-state index >= 15 is 0 Å². The molecule has 37 heavy (non-hydrogen) atoms. The van der Waals surface area contributed by atoms with E-state index in [1.807, 2.05) is 38.1 Å². The molecule has 1 saturated heterocycles. The van der Waals surface area contributed by atoms with Crippen LogP contribution in [-0.4, -0.2) is 44.5 Å². The Morgan fingerprint density at radius 1 is 1.03 bits per heavy atom. The smallest absolute Gasteiger partial charge is 0.263 e. The maximum absolute atomic E-state index is 13.8. The third kappa shape index (κ3) is 5.73. The van der Waals surface area contributed by atoms with Crippen molar-refractivity contribution in [1.82, 2.24) is 24.8 Å². The lowest BCUT2D eigenvalue weighted by Crippen LogP contribution is -2.37. The first-order valence-electron chi connectivity index (χ1n) is 12.6. The summed E-state index contributed by atoms with van der Waals surface area (Å²) in [6.45, 7) is 6.78. The molecule has 0 atom stereocenters. The maximum Gasteiger partial charge on any atom is 0.263 e. The van der Waals surface area contributed by atoms with Crippen molar-refractivity contribution in [3.8, 4) is 22.5 Å². The van der Waals surface area contributed by atoms with E-state index in [2.05, 4.69) is 27.3 Å². The normalized spacial score (nSPS) is 13.9. The number of pyridine rings is 1. The first-order valence-corrected chi connectivity index (χ1v) is 13.0. The predicted octanol–water partition coefficient (Wildman–Crippen LogP) is 4.90. The first kappa shape index (κ1) is 25.1. The Labute approximate surface area is 221 Å². The standard InChI is InChI=1S/C29H30ClN5O2/c1-19(2)32-26(36)18-35-28(22-9-6-10-24(30)14-22)33-27-25(29(35)37)15-23(16-31-27)21-8-5-7-20(13-21)17-34-11-3-4-12-34/h5-10,13-16,19H,3-4,11-12,17-18H2,1-2H3,(H,32,36). The molecule has 2 aromatic heterocycles. The molecule has 8 heteroatoms.